The van der Waals surface area contributed by atoms with Crippen LogP contribution in [-0.4, -0.2) is 11.3 Å². The molecule has 3 N–H and O–H groups in total. The van der Waals surface area contributed by atoms with Crippen LogP contribution in [0.3, 0.4) is 0 Å². The Kier molecular flexibility index (Phi) is 4.20. The zero-order chi connectivity index (χ0) is 12.5. The number of pyridine rings is 1. The van der Waals surface area contributed by atoms with Gasteiger partial charge in [-0.2, -0.15) is 0 Å². The lowest BCUT2D eigenvalue weighted by Gasteiger charge is -2.10. The molecule has 0 unspecified atom stereocenters. The van der Waals surface area contributed by atoms with E-state index in [9.17, 15) is 13.2 Å². The molecule has 98 valence electrons. The molecule has 2 aromatic rings. The van der Waals surface area contributed by atoms with E-state index < -0.39 is 6.36 Å². The number of nitrogens with two attached hydrogens (primary N) is 1. The molecular weight excluding hydrogens is 271 g/mol. The highest BCUT2D eigenvalue weighted by molar-refractivity contribution is 5.91. The number of rotatable bonds is 2. The molecule has 4 nitrogen and oxygen atoms in total. The van der Waals surface area contributed by atoms with Gasteiger partial charge < -0.3 is 10.2 Å². The smallest absolute Gasteiger partial charge is 0.406 e. The fraction of sp³-hybridized carbons (Fsp3) is 0.100. The summed E-state index contributed by atoms with van der Waals surface area (Å²) in [6.45, 7) is 0. The van der Waals surface area contributed by atoms with E-state index in [1.165, 1.54) is 24.4 Å². The lowest BCUT2D eigenvalue weighted by Crippen LogP contribution is -2.17. The predicted octanol–water partition coefficient (Wildman–Crippen LogP) is 2.84. The first-order chi connectivity index (χ1) is 7.99. The van der Waals surface area contributed by atoms with Crippen molar-refractivity contribution in [2.24, 2.45) is 5.84 Å². The normalized spacial score (nSPS) is 10.9. The van der Waals surface area contributed by atoms with Crippen LogP contribution < -0.4 is 16.0 Å². The Bertz CT molecular complexity index is 547. The van der Waals surface area contributed by atoms with Gasteiger partial charge in [0.1, 0.15) is 5.75 Å². The van der Waals surface area contributed by atoms with Crippen LogP contribution in [0.5, 0.6) is 5.75 Å². The van der Waals surface area contributed by atoms with Gasteiger partial charge in [0.2, 0.25) is 0 Å². The maximum atomic E-state index is 12.0. The highest BCUT2D eigenvalue weighted by atomic mass is 35.5. The summed E-state index contributed by atoms with van der Waals surface area (Å²) in [5.74, 6) is 4.94. The minimum Gasteiger partial charge on any atom is -0.406 e. The molecule has 2 rings (SSSR count). The molecule has 0 saturated heterocycles. The Balaban J connectivity index is 0.00000162. The third kappa shape index (κ3) is 3.14. The molecule has 0 saturated carbocycles. The number of hydrogen-bond acceptors (Lipinski definition) is 4. The van der Waals surface area contributed by atoms with Gasteiger partial charge in [-0.3, -0.25) is 10.8 Å². The van der Waals surface area contributed by atoms with Crippen molar-refractivity contribution >= 4 is 29.0 Å². The summed E-state index contributed by atoms with van der Waals surface area (Å²) in [4.78, 5) is 4.00. The van der Waals surface area contributed by atoms with E-state index in [0.717, 1.165) is 0 Å². The summed E-state index contributed by atoms with van der Waals surface area (Å²) < 4.78 is 40.0. The SMILES string of the molecule is Cl.NNc1ccnc2ccc(OC(F)(F)F)cc12. The van der Waals surface area contributed by atoms with Crippen LogP contribution in [0.1, 0.15) is 0 Å². The van der Waals surface area contributed by atoms with Crippen LogP contribution in [0.15, 0.2) is 30.5 Å². The van der Waals surface area contributed by atoms with Crippen molar-refractivity contribution in [3.8, 4) is 5.75 Å². The van der Waals surface area contributed by atoms with Crippen LogP contribution in [0, 0.1) is 0 Å². The first kappa shape index (κ1) is 14.3. The van der Waals surface area contributed by atoms with E-state index in [4.69, 9.17) is 5.84 Å². The first-order valence-electron chi connectivity index (χ1n) is 4.61. The van der Waals surface area contributed by atoms with Gasteiger partial charge in [0.15, 0.2) is 0 Å². The number of aromatic nitrogens is 1. The van der Waals surface area contributed by atoms with Crippen LogP contribution in [0.25, 0.3) is 10.9 Å². The molecule has 0 atom stereocenters. The van der Waals surface area contributed by atoms with Gasteiger partial charge in [0, 0.05) is 11.6 Å². The number of nitrogens with one attached hydrogen (secondary N) is 1. The summed E-state index contributed by atoms with van der Waals surface area (Å²) in [5.41, 5.74) is 3.38. The van der Waals surface area contributed by atoms with Gasteiger partial charge in [0.25, 0.3) is 0 Å². The highest BCUT2D eigenvalue weighted by Crippen LogP contribution is 2.28. The van der Waals surface area contributed by atoms with E-state index in [0.29, 0.717) is 16.6 Å². The third-order valence-electron chi connectivity index (χ3n) is 2.10. The second-order valence-corrected chi connectivity index (χ2v) is 3.23. The standard InChI is InChI=1S/C10H8F3N3O.ClH/c11-10(12,13)17-6-1-2-8-7(5-6)9(16-14)3-4-15-8;/h1-5H,14H2,(H,15,16);1H. The molecule has 0 aliphatic carbocycles. The fourth-order valence-corrected chi connectivity index (χ4v) is 1.45. The van der Waals surface area contributed by atoms with Gasteiger partial charge >= 0.3 is 6.36 Å². The molecule has 1 heterocycles. The Morgan fingerprint density at radius 1 is 1.22 bits per heavy atom. The molecule has 0 aliphatic heterocycles. The van der Waals surface area contributed by atoms with Crippen molar-refractivity contribution in [2.75, 3.05) is 5.43 Å². The number of hydrazine groups is 1. The number of hydrogen-bond donors (Lipinski definition) is 2. The van der Waals surface area contributed by atoms with Gasteiger partial charge in [-0.25, -0.2) is 0 Å². The number of nitrogens with zero attached hydrogens (tertiary/aromatic N) is 1. The Hall–Kier alpha value is -1.73. The van der Waals surface area contributed by atoms with Gasteiger partial charge in [-0.1, -0.05) is 0 Å². The second kappa shape index (κ2) is 5.28. The molecule has 1 aromatic carbocycles. The molecule has 8 heteroatoms. The first-order valence-corrected chi connectivity index (χ1v) is 4.61. The topological polar surface area (TPSA) is 60.2 Å². The summed E-state index contributed by atoms with van der Waals surface area (Å²) in [7, 11) is 0. The summed E-state index contributed by atoms with van der Waals surface area (Å²) >= 11 is 0. The monoisotopic (exact) mass is 279 g/mol. The molecule has 18 heavy (non-hydrogen) atoms. The van der Waals surface area contributed by atoms with Gasteiger partial charge in [-0.05, 0) is 24.3 Å². The van der Waals surface area contributed by atoms with Crippen molar-refractivity contribution in [1.29, 1.82) is 0 Å². The molecule has 1 aromatic heterocycles. The minimum atomic E-state index is -4.72. The molecular formula is C10H9ClF3N3O. The van der Waals surface area contributed by atoms with Crippen molar-refractivity contribution in [3.05, 3.63) is 30.5 Å². The summed E-state index contributed by atoms with van der Waals surface area (Å²) in [5, 5.41) is 0.455. The highest BCUT2D eigenvalue weighted by Gasteiger charge is 2.31. The largest absolute Gasteiger partial charge is 0.573 e. The molecule has 0 radical (unpaired) electrons. The zero-order valence-electron chi connectivity index (χ0n) is 8.86. The number of alkyl halides is 3. The zero-order valence-corrected chi connectivity index (χ0v) is 9.68. The maximum Gasteiger partial charge on any atom is 0.573 e. The second-order valence-electron chi connectivity index (χ2n) is 3.23. The summed E-state index contributed by atoms with van der Waals surface area (Å²) in [6.07, 6.45) is -3.21. The number of halogens is 4. The van der Waals surface area contributed by atoms with E-state index in [1.54, 1.807) is 6.07 Å². The molecule has 0 fully saturated rings. The van der Waals surface area contributed by atoms with E-state index in [2.05, 4.69) is 15.1 Å². The lowest BCUT2D eigenvalue weighted by atomic mass is 10.2. The summed E-state index contributed by atoms with van der Waals surface area (Å²) in [6, 6.07) is 5.41. The van der Waals surface area contributed by atoms with E-state index in [-0.39, 0.29) is 18.2 Å². The number of fused-ring (bicyclic) bond motifs is 1. The van der Waals surface area contributed by atoms with Gasteiger partial charge in [-0.15, -0.1) is 25.6 Å². The van der Waals surface area contributed by atoms with Crippen molar-refractivity contribution < 1.29 is 17.9 Å². The quantitative estimate of drug-likeness (QED) is 0.655. The molecule has 0 amide bonds. The number of ether oxygens (including phenoxy) is 1. The average Bonchev–Trinajstić information content (AvgIpc) is 2.26. The van der Waals surface area contributed by atoms with Crippen LogP contribution >= 0.6 is 12.4 Å². The van der Waals surface area contributed by atoms with Crippen molar-refractivity contribution in [1.82, 2.24) is 4.98 Å². The van der Waals surface area contributed by atoms with E-state index in [1.807, 2.05) is 0 Å². The molecule has 0 spiro atoms. The van der Waals surface area contributed by atoms with Crippen molar-refractivity contribution in [2.45, 2.75) is 6.36 Å². The van der Waals surface area contributed by atoms with E-state index >= 15 is 0 Å². The van der Waals surface area contributed by atoms with Crippen LogP contribution in [-0.2, 0) is 0 Å². The lowest BCUT2D eigenvalue weighted by molar-refractivity contribution is -0.274. The predicted molar refractivity (Wildman–Crippen MR) is 63.5 cm³/mol. The third-order valence-corrected chi connectivity index (χ3v) is 2.10. The Morgan fingerprint density at radius 3 is 2.56 bits per heavy atom. The number of benzene rings is 1. The number of nitrogen functional groups attached to an aromatic ring is 1. The maximum absolute atomic E-state index is 12.0. The average molecular weight is 280 g/mol. The van der Waals surface area contributed by atoms with Crippen LogP contribution in [0.4, 0.5) is 18.9 Å². The van der Waals surface area contributed by atoms with Crippen molar-refractivity contribution in [3.63, 3.8) is 0 Å². The Labute approximate surface area is 106 Å². The Morgan fingerprint density at radius 2 is 1.94 bits per heavy atom. The fourth-order valence-electron chi connectivity index (χ4n) is 1.45. The molecule has 0 aliphatic rings. The van der Waals surface area contributed by atoms with Crippen LogP contribution in [0.2, 0.25) is 0 Å². The van der Waals surface area contributed by atoms with Gasteiger partial charge in [0.05, 0.1) is 11.2 Å². The number of anilines is 1. The molecule has 0 bridgehead atoms. The minimum absolute atomic E-state index is 0.